The van der Waals surface area contributed by atoms with Crippen LogP contribution in [0.25, 0.3) is 0 Å². The van der Waals surface area contributed by atoms with E-state index in [2.05, 4.69) is 19.6 Å². The highest BCUT2D eigenvalue weighted by Gasteiger charge is 2.33. The molecule has 6 nitrogen and oxygen atoms in total. The summed E-state index contributed by atoms with van der Waals surface area (Å²) in [6.45, 7) is 2.17. The number of nitrogens with zero attached hydrogens (tertiary/aromatic N) is 2. The number of hydrogen-bond donors (Lipinski definition) is 2. The molecule has 18 heavy (non-hydrogen) atoms. The number of sulfonamides is 1. The van der Waals surface area contributed by atoms with Crippen LogP contribution in [0.2, 0.25) is 0 Å². The minimum Gasteiger partial charge on any atom is -0.335 e. The van der Waals surface area contributed by atoms with Gasteiger partial charge in [0, 0.05) is 12.1 Å². The Bertz CT molecular complexity index is 499. The van der Waals surface area contributed by atoms with Crippen molar-refractivity contribution in [2.45, 2.75) is 42.8 Å². The molecule has 2 aliphatic heterocycles. The van der Waals surface area contributed by atoms with Crippen molar-refractivity contribution < 1.29 is 8.42 Å². The number of piperidine rings is 1. The summed E-state index contributed by atoms with van der Waals surface area (Å²) in [6.07, 6.45) is 6.98. The van der Waals surface area contributed by atoms with E-state index in [1.54, 1.807) is 0 Å². The highest BCUT2D eigenvalue weighted by Crippen LogP contribution is 2.27. The molecule has 2 saturated heterocycles. The summed E-state index contributed by atoms with van der Waals surface area (Å²) in [7, 11) is -3.43. The van der Waals surface area contributed by atoms with Crippen molar-refractivity contribution in [3.8, 4) is 0 Å². The monoisotopic (exact) mass is 270 g/mol. The number of aromatic amines is 1. The Morgan fingerprint density at radius 1 is 1.39 bits per heavy atom. The molecule has 2 unspecified atom stereocenters. The minimum absolute atomic E-state index is 0.0534. The quantitative estimate of drug-likeness (QED) is 0.829. The highest BCUT2D eigenvalue weighted by atomic mass is 32.2. The van der Waals surface area contributed by atoms with Crippen molar-refractivity contribution in [3.63, 3.8) is 0 Å². The fourth-order valence-corrected chi connectivity index (χ4v) is 4.19. The van der Waals surface area contributed by atoms with Crippen LogP contribution in [0.5, 0.6) is 0 Å². The Balaban J connectivity index is 1.67. The van der Waals surface area contributed by atoms with Gasteiger partial charge >= 0.3 is 0 Å². The molecular weight excluding hydrogens is 252 g/mol. The van der Waals surface area contributed by atoms with E-state index in [1.807, 2.05) is 0 Å². The molecule has 1 aromatic rings. The lowest BCUT2D eigenvalue weighted by Crippen LogP contribution is -2.47. The smallest absolute Gasteiger partial charge is 0.257 e. The first kappa shape index (κ1) is 12.1. The Morgan fingerprint density at radius 3 is 3.06 bits per heavy atom. The fraction of sp³-hybridized carbons (Fsp3) is 0.727. The number of rotatable bonds is 3. The van der Waals surface area contributed by atoms with Gasteiger partial charge in [-0.1, -0.05) is 0 Å². The maximum atomic E-state index is 12.1. The summed E-state index contributed by atoms with van der Waals surface area (Å²) in [5, 5.41) is 0.149. The number of H-pyrrole nitrogens is 1. The van der Waals surface area contributed by atoms with Gasteiger partial charge in [-0.25, -0.2) is 18.1 Å². The van der Waals surface area contributed by atoms with Crippen LogP contribution >= 0.6 is 0 Å². The van der Waals surface area contributed by atoms with Gasteiger partial charge in [0.05, 0.1) is 12.5 Å². The van der Waals surface area contributed by atoms with Crippen LogP contribution in [0.15, 0.2) is 17.6 Å². The lowest BCUT2D eigenvalue weighted by atomic mass is 9.99. The molecule has 3 rings (SSSR count). The average Bonchev–Trinajstić information content (AvgIpc) is 2.99. The lowest BCUT2D eigenvalue weighted by Gasteiger charge is -2.34. The molecule has 3 heterocycles. The van der Waals surface area contributed by atoms with Crippen molar-refractivity contribution >= 4 is 10.0 Å². The third-order valence-corrected chi connectivity index (χ3v) is 5.35. The Kier molecular flexibility index (Phi) is 3.13. The van der Waals surface area contributed by atoms with Crippen LogP contribution < -0.4 is 4.72 Å². The van der Waals surface area contributed by atoms with Gasteiger partial charge in [-0.05, 0) is 38.8 Å². The number of imidazole rings is 1. The molecule has 0 amide bonds. The summed E-state index contributed by atoms with van der Waals surface area (Å²) in [6, 6.07) is 0.617. The Labute approximate surface area is 107 Å². The van der Waals surface area contributed by atoms with E-state index in [9.17, 15) is 8.42 Å². The first-order valence-electron chi connectivity index (χ1n) is 6.40. The van der Waals surface area contributed by atoms with Crippen LogP contribution in [0.1, 0.15) is 25.7 Å². The summed E-state index contributed by atoms with van der Waals surface area (Å²) < 4.78 is 26.9. The van der Waals surface area contributed by atoms with Crippen molar-refractivity contribution in [1.82, 2.24) is 19.6 Å². The molecule has 0 aromatic carbocycles. The van der Waals surface area contributed by atoms with Crippen LogP contribution in [-0.2, 0) is 10.0 Å². The predicted molar refractivity (Wildman–Crippen MR) is 66.5 cm³/mol. The van der Waals surface area contributed by atoms with Crippen molar-refractivity contribution in [2.75, 3.05) is 13.1 Å². The molecule has 2 N–H and O–H groups in total. The van der Waals surface area contributed by atoms with Crippen LogP contribution in [0.4, 0.5) is 0 Å². The largest absolute Gasteiger partial charge is 0.335 e. The first-order chi connectivity index (χ1) is 8.65. The molecule has 0 saturated carbocycles. The molecule has 100 valence electrons. The SMILES string of the molecule is O=S(=O)(NC1CCN2CCCC2C1)c1cnc[nH]1. The molecule has 2 aliphatic rings. The van der Waals surface area contributed by atoms with Gasteiger partial charge in [-0.2, -0.15) is 0 Å². The predicted octanol–water partition coefficient (Wildman–Crippen LogP) is 0.315. The molecule has 0 spiro atoms. The Morgan fingerprint density at radius 2 is 2.28 bits per heavy atom. The van der Waals surface area contributed by atoms with Crippen LogP contribution in [0, 0.1) is 0 Å². The van der Waals surface area contributed by atoms with E-state index < -0.39 is 10.0 Å². The second-order valence-electron chi connectivity index (χ2n) is 5.09. The van der Waals surface area contributed by atoms with E-state index in [0.717, 1.165) is 19.4 Å². The number of aromatic nitrogens is 2. The zero-order chi connectivity index (χ0) is 12.6. The van der Waals surface area contributed by atoms with Gasteiger partial charge in [-0.3, -0.25) is 0 Å². The fourth-order valence-electron chi connectivity index (χ4n) is 3.00. The highest BCUT2D eigenvalue weighted by molar-refractivity contribution is 7.89. The van der Waals surface area contributed by atoms with E-state index in [1.165, 1.54) is 31.9 Å². The summed E-state index contributed by atoms with van der Waals surface area (Å²) in [5.74, 6) is 0. The van der Waals surface area contributed by atoms with Crippen molar-refractivity contribution in [3.05, 3.63) is 12.5 Å². The lowest BCUT2D eigenvalue weighted by molar-refractivity contribution is 0.176. The third kappa shape index (κ3) is 2.30. The number of fused-ring (bicyclic) bond motifs is 1. The van der Waals surface area contributed by atoms with E-state index in [-0.39, 0.29) is 11.1 Å². The van der Waals surface area contributed by atoms with E-state index >= 15 is 0 Å². The van der Waals surface area contributed by atoms with Gasteiger partial charge in [0.1, 0.15) is 0 Å². The second kappa shape index (κ2) is 4.64. The second-order valence-corrected chi connectivity index (χ2v) is 6.77. The van der Waals surface area contributed by atoms with Gasteiger partial charge in [0.2, 0.25) is 0 Å². The van der Waals surface area contributed by atoms with Crippen molar-refractivity contribution in [1.29, 1.82) is 0 Å². The summed E-state index contributed by atoms with van der Waals surface area (Å²) in [4.78, 5) is 8.87. The molecular formula is C11H18N4O2S. The van der Waals surface area contributed by atoms with E-state index in [4.69, 9.17) is 0 Å². The minimum atomic E-state index is -3.43. The maximum Gasteiger partial charge on any atom is 0.257 e. The molecule has 1 aromatic heterocycles. The molecule has 0 aliphatic carbocycles. The first-order valence-corrected chi connectivity index (χ1v) is 7.88. The number of nitrogens with one attached hydrogen (secondary N) is 2. The van der Waals surface area contributed by atoms with E-state index in [0.29, 0.717) is 6.04 Å². The summed E-state index contributed by atoms with van der Waals surface area (Å²) in [5.41, 5.74) is 0. The van der Waals surface area contributed by atoms with Gasteiger partial charge in [-0.15, -0.1) is 0 Å². The standard InChI is InChI=1S/C11H18N4O2S/c16-18(17,11-7-12-8-13-11)14-9-3-5-15-4-1-2-10(15)6-9/h7-10,14H,1-6H2,(H,12,13). The molecule has 0 bridgehead atoms. The average molecular weight is 270 g/mol. The maximum absolute atomic E-state index is 12.1. The molecule has 7 heteroatoms. The van der Waals surface area contributed by atoms with Gasteiger partial charge in [0.25, 0.3) is 10.0 Å². The van der Waals surface area contributed by atoms with Crippen molar-refractivity contribution in [2.24, 2.45) is 0 Å². The third-order valence-electron chi connectivity index (χ3n) is 3.90. The summed E-state index contributed by atoms with van der Waals surface area (Å²) >= 11 is 0. The van der Waals surface area contributed by atoms with Crippen LogP contribution in [0.3, 0.4) is 0 Å². The molecule has 2 fully saturated rings. The normalized spacial score (nSPS) is 29.3. The topological polar surface area (TPSA) is 78.1 Å². The zero-order valence-corrected chi connectivity index (χ0v) is 11.0. The zero-order valence-electron chi connectivity index (χ0n) is 10.2. The van der Waals surface area contributed by atoms with Gasteiger partial charge in [0.15, 0.2) is 5.03 Å². The molecule has 0 radical (unpaired) electrons. The van der Waals surface area contributed by atoms with Crippen LogP contribution in [-0.4, -0.2) is 48.5 Å². The van der Waals surface area contributed by atoms with Gasteiger partial charge < -0.3 is 9.88 Å². The number of hydrogen-bond acceptors (Lipinski definition) is 4. The Hall–Kier alpha value is -0.920. The molecule has 2 atom stereocenters.